The van der Waals surface area contributed by atoms with Gasteiger partial charge in [0, 0.05) is 17.9 Å². The third kappa shape index (κ3) is 4.75. The predicted octanol–water partition coefficient (Wildman–Crippen LogP) is 4.79. The van der Waals surface area contributed by atoms with Crippen molar-refractivity contribution in [2.75, 3.05) is 17.7 Å². The molecule has 0 bridgehead atoms. The van der Waals surface area contributed by atoms with Crippen molar-refractivity contribution in [1.29, 1.82) is 0 Å². The molecule has 0 saturated heterocycles. The number of benzene rings is 1. The maximum atomic E-state index is 12.6. The summed E-state index contributed by atoms with van der Waals surface area (Å²) in [6.45, 7) is 1.98. The van der Waals surface area contributed by atoms with Crippen LogP contribution in [0, 0.1) is 6.92 Å². The molecule has 1 fully saturated rings. The van der Waals surface area contributed by atoms with E-state index >= 15 is 0 Å². The highest BCUT2D eigenvalue weighted by Crippen LogP contribution is 2.26. The van der Waals surface area contributed by atoms with Crippen molar-refractivity contribution in [1.82, 2.24) is 4.98 Å². The van der Waals surface area contributed by atoms with Gasteiger partial charge in [0.2, 0.25) is 0 Å². The van der Waals surface area contributed by atoms with Gasteiger partial charge in [0.05, 0.1) is 12.8 Å². The van der Waals surface area contributed by atoms with Crippen molar-refractivity contribution in [2.24, 2.45) is 0 Å². The van der Waals surface area contributed by atoms with Gasteiger partial charge in [-0.3, -0.25) is 9.78 Å². The van der Waals surface area contributed by atoms with Gasteiger partial charge < -0.3 is 15.4 Å². The molecule has 1 aliphatic rings. The molecule has 5 heteroatoms. The minimum atomic E-state index is -0.238. The second-order valence-electron chi connectivity index (χ2n) is 6.92. The van der Waals surface area contributed by atoms with E-state index in [1.54, 1.807) is 13.3 Å². The maximum absolute atomic E-state index is 12.6. The van der Waals surface area contributed by atoms with Crippen LogP contribution in [0.25, 0.3) is 0 Å². The summed E-state index contributed by atoms with van der Waals surface area (Å²) in [5, 5.41) is 6.47. The van der Waals surface area contributed by atoms with E-state index in [-0.39, 0.29) is 5.91 Å². The van der Waals surface area contributed by atoms with Gasteiger partial charge in [-0.15, -0.1) is 0 Å². The molecule has 0 atom stereocenters. The Morgan fingerprint density at radius 3 is 2.62 bits per heavy atom. The highest BCUT2D eigenvalue weighted by atomic mass is 16.5. The Morgan fingerprint density at radius 1 is 1.12 bits per heavy atom. The van der Waals surface area contributed by atoms with Gasteiger partial charge in [0.1, 0.15) is 11.4 Å². The van der Waals surface area contributed by atoms with Crippen molar-refractivity contribution in [2.45, 2.75) is 51.5 Å². The van der Waals surface area contributed by atoms with Gasteiger partial charge in [0.15, 0.2) is 0 Å². The molecular formula is C21H27N3O2. The number of anilines is 2. The van der Waals surface area contributed by atoms with E-state index in [0.29, 0.717) is 23.2 Å². The molecule has 0 spiro atoms. The largest absolute Gasteiger partial charge is 0.495 e. The minimum Gasteiger partial charge on any atom is -0.495 e. The van der Waals surface area contributed by atoms with Gasteiger partial charge in [-0.25, -0.2) is 0 Å². The molecule has 0 unspecified atom stereocenters. The van der Waals surface area contributed by atoms with E-state index in [1.165, 1.54) is 38.5 Å². The molecule has 0 aliphatic heterocycles. The molecule has 2 N–H and O–H groups in total. The van der Waals surface area contributed by atoms with Crippen molar-refractivity contribution >= 4 is 17.3 Å². The van der Waals surface area contributed by atoms with Crippen LogP contribution >= 0.6 is 0 Å². The Balaban J connectivity index is 1.71. The average Bonchev–Trinajstić information content (AvgIpc) is 2.91. The van der Waals surface area contributed by atoms with Crippen LogP contribution in [-0.2, 0) is 0 Å². The van der Waals surface area contributed by atoms with Gasteiger partial charge in [-0.2, -0.15) is 0 Å². The lowest BCUT2D eigenvalue weighted by Gasteiger charge is -2.18. The van der Waals surface area contributed by atoms with Crippen LogP contribution in [-0.4, -0.2) is 24.0 Å². The summed E-state index contributed by atoms with van der Waals surface area (Å²) >= 11 is 0. The highest BCUT2D eigenvalue weighted by molar-refractivity contribution is 6.04. The van der Waals surface area contributed by atoms with Crippen molar-refractivity contribution in [3.63, 3.8) is 0 Å². The number of carbonyl (C=O) groups excluding carboxylic acids is 1. The van der Waals surface area contributed by atoms with Gasteiger partial charge >= 0.3 is 0 Å². The number of carbonyl (C=O) groups is 1. The monoisotopic (exact) mass is 353 g/mol. The zero-order chi connectivity index (χ0) is 18.4. The van der Waals surface area contributed by atoms with E-state index in [0.717, 1.165) is 11.3 Å². The summed E-state index contributed by atoms with van der Waals surface area (Å²) in [6.07, 6.45) is 9.23. The van der Waals surface area contributed by atoms with E-state index in [1.807, 2.05) is 37.3 Å². The minimum absolute atomic E-state index is 0.238. The zero-order valence-electron chi connectivity index (χ0n) is 15.5. The van der Waals surface area contributed by atoms with Crippen LogP contribution in [0.1, 0.15) is 54.6 Å². The first-order valence-electron chi connectivity index (χ1n) is 9.34. The summed E-state index contributed by atoms with van der Waals surface area (Å²) in [4.78, 5) is 16.9. The molecule has 2 aromatic rings. The summed E-state index contributed by atoms with van der Waals surface area (Å²) in [5.41, 5.74) is 3.06. The molecule has 138 valence electrons. The highest BCUT2D eigenvalue weighted by Gasteiger charge is 2.15. The number of pyridine rings is 1. The number of methoxy groups -OCH3 is 1. The number of amides is 1. The van der Waals surface area contributed by atoms with E-state index in [4.69, 9.17) is 4.74 Å². The molecule has 1 amide bonds. The number of hydrogen-bond donors (Lipinski definition) is 2. The molecule has 1 aromatic carbocycles. The summed E-state index contributed by atoms with van der Waals surface area (Å²) in [7, 11) is 1.59. The molecular weight excluding hydrogens is 326 g/mol. The van der Waals surface area contributed by atoms with E-state index < -0.39 is 0 Å². The first-order chi connectivity index (χ1) is 12.7. The molecule has 0 radical (unpaired) electrons. The van der Waals surface area contributed by atoms with Gasteiger partial charge in [-0.1, -0.05) is 31.7 Å². The molecule has 1 aliphatic carbocycles. The second-order valence-corrected chi connectivity index (χ2v) is 6.92. The van der Waals surface area contributed by atoms with Crippen molar-refractivity contribution in [3.05, 3.63) is 47.8 Å². The van der Waals surface area contributed by atoms with Crippen LogP contribution in [0.2, 0.25) is 0 Å². The van der Waals surface area contributed by atoms with Crippen LogP contribution in [0.4, 0.5) is 11.4 Å². The summed E-state index contributed by atoms with van der Waals surface area (Å²) in [5.74, 6) is 0.398. The fourth-order valence-electron chi connectivity index (χ4n) is 3.41. The number of aryl methyl sites for hydroxylation is 1. The van der Waals surface area contributed by atoms with Crippen molar-refractivity contribution < 1.29 is 9.53 Å². The lowest BCUT2D eigenvalue weighted by Crippen LogP contribution is -2.19. The Bertz CT molecular complexity index is 753. The first-order valence-corrected chi connectivity index (χ1v) is 9.34. The Labute approximate surface area is 155 Å². The lowest BCUT2D eigenvalue weighted by molar-refractivity contribution is 0.102. The SMILES string of the molecule is COc1ccc(C)cc1NC(=O)c1cc(NC2CCCCCC2)ccn1. The van der Waals surface area contributed by atoms with Crippen molar-refractivity contribution in [3.8, 4) is 5.75 Å². The number of hydrogen-bond acceptors (Lipinski definition) is 4. The van der Waals surface area contributed by atoms with Crippen LogP contribution in [0.5, 0.6) is 5.75 Å². The van der Waals surface area contributed by atoms with Crippen LogP contribution < -0.4 is 15.4 Å². The quantitative estimate of drug-likeness (QED) is 0.759. The molecule has 1 saturated carbocycles. The Kier molecular flexibility index (Phi) is 6.10. The summed E-state index contributed by atoms with van der Waals surface area (Å²) < 4.78 is 5.33. The van der Waals surface area contributed by atoms with E-state index in [2.05, 4.69) is 15.6 Å². The predicted molar refractivity (Wildman–Crippen MR) is 105 cm³/mol. The van der Waals surface area contributed by atoms with Gasteiger partial charge in [-0.05, 0) is 49.6 Å². The standard InChI is InChI=1S/C21H27N3O2/c1-15-9-10-20(26-2)18(13-15)24-21(25)19-14-17(11-12-22-19)23-16-7-5-3-4-6-8-16/h9-14,16H,3-8H2,1-2H3,(H,22,23)(H,24,25). The molecule has 26 heavy (non-hydrogen) atoms. The third-order valence-electron chi connectivity index (χ3n) is 4.82. The zero-order valence-corrected chi connectivity index (χ0v) is 15.5. The lowest BCUT2D eigenvalue weighted by atomic mass is 10.1. The number of rotatable bonds is 5. The molecule has 1 heterocycles. The average molecular weight is 353 g/mol. The number of ether oxygens (including phenoxy) is 1. The summed E-state index contributed by atoms with van der Waals surface area (Å²) in [6, 6.07) is 9.92. The van der Waals surface area contributed by atoms with Gasteiger partial charge in [0.25, 0.3) is 5.91 Å². The fraction of sp³-hybridized carbons (Fsp3) is 0.429. The maximum Gasteiger partial charge on any atom is 0.274 e. The normalized spacial score (nSPS) is 15.2. The fourth-order valence-corrected chi connectivity index (χ4v) is 3.41. The second kappa shape index (κ2) is 8.70. The molecule has 5 nitrogen and oxygen atoms in total. The number of nitrogens with one attached hydrogen (secondary N) is 2. The number of nitrogens with zero attached hydrogens (tertiary/aromatic N) is 1. The molecule has 3 rings (SSSR count). The number of aromatic nitrogens is 1. The van der Waals surface area contributed by atoms with E-state index in [9.17, 15) is 4.79 Å². The first kappa shape index (κ1) is 18.2. The third-order valence-corrected chi connectivity index (χ3v) is 4.82. The van der Waals surface area contributed by atoms with Crippen LogP contribution in [0.3, 0.4) is 0 Å². The topological polar surface area (TPSA) is 63.2 Å². The Morgan fingerprint density at radius 2 is 1.88 bits per heavy atom. The Hall–Kier alpha value is -2.56. The molecule has 1 aromatic heterocycles. The van der Waals surface area contributed by atoms with Crippen LogP contribution in [0.15, 0.2) is 36.5 Å². The smallest absolute Gasteiger partial charge is 0.274 e.